The van der Waals surface area contributed by atoms with Crippen molar-refractivity contribution in [3.63, 3.8) is 0 Å². The van der Waals surface area contributed by atoms with Gasteiger partial charge in [-0.3, -0.25) is 0 Å². The van der Waals surface area contributed by atoms with Gasteiger partial charge in [-0.15, -0.1) is 0 Å². The highest BCUT2D eigenvalue weighted by Gasteiger charge is 2.21. The molecule has 0 atom stereocenters. The summed E-state index contributed by atoms with van der Waals surface area (Å²) < 4.78 is 0. The van der Waals surface area contributed by atoms with Gasteiger partial charge in [0.25, 0.3) is 0 Å². The van der Waals surface area contributed by atoms with Crippen LogP contribution >= 0.6 is 0 Å². The van der Waals surface area contributed by atoms with E-state index in [0.29, 0.717) is 0 Å². The Labute approximate surface area is 148 Å². The van der Waals surface area contributed by atoms with Crippen molar-refractivity contribution in [3.05, 3.63) is 36.7 Å². The first-order valence-corrected chi connectivity index (χ1v) is 8.97. The Bertz CT molecular complexity index is 677. The molecule has 7 nitrogen and oxygen atoms in total. The predicted octanol–water partition coefficient (Wildman–Crippen LogP) is 0.950. The second-order valence-corrected chi connectivity index (χ2v) is 6.67. The van der Waals surface area contributed by atoms with Crippen molar-refractivity contribution in [1.29, 1.82) is 0 Å². The van der Waals surface area contributed by atoms with Crippen molar-refractivity contribution in [1.82, 2.24) is 19.9 Å². The van der Waals surface area contributed by atoms with Gasteiger partial charge in [0.2, 0.25) is 5.95 Å². The lowest BCUT2D eigenvalue weighted by atomic mass is 10.3. The number of anilines is 3. The zero-order valence-corrected chi connectivity index (χ0v) is 14.8. The van der Waals surface area contributed by atoms with E-state index in [1.165, 1.54) is 0 Å². The number of hydrogen-bond acceptors (Lipinski definition) is 7. The van der Waals surface area contributed by atoms with Gasteiger partial charge in [-0.25, -0.2) is 9.97 Å². The van der Waals surface area contributed by atoms with Crippen LogP contribution in [0.15, 0.2) is 36.7 Å². The lowest BCUT2D eigenvalue weighted by Gasteiger charge is -2.36. The summed E-state index contributed by atoms with van der Waals surface area (Å²) in [5.74, 6) is 2.94. The Balaban J connectivity index is 1.40. The van der Waals surface area contributed by atoms with Crippen LogP contribution in [-0.4, -0.2) is 79.3 Å². The lowest BCUT2D eigenvalue weighted by molar-refractivity contribution is 0.312. The Morgan fingerprint density at radius 1 is 0.680 bits per heavy atom. The summed E-state index contributed by atoms with van der Waals surface area (Å²) in [4.78, 5) is 23.1. The van der Waals surface area contributed by atoms with Gasteiger partial charge in [-0.05, 0) is 25.2 Å². The molecule has 0 radical (unpaired) electrons. The van der Waals surface area contributed by atoms with Gasteiger partial charge >= 0.3 is 0 Å². The molecule has 0 amide bonds. The van der Waals surface area contributed by atoms with E-state index >= 15 is 0 Å². The fourth-order valence-electron chi connectivity index (χ4n) is 3.38. The quantitative estimate of drug-likeness (QED) is 0.825. The van der Waals surface area contributed by atoms with Gasteiger partial charge in [0.1, 0.15) is 11.6 Å². The van der Waals surface area contributed by atoms with Crippen molar-refractivity contribution < 1.29 is 0 Å². The first kappa shape index (κ1) is 16.1. The van der Waals surface area contributed by atoms with Crippen LogP contribution < -0.4 is 14.7 Å². The molecule has 132 valence electrons. The van der Waals surface area contributed by atoms with E-state index in [0.717, 1.165) is 69.9 Å². The minimum atomic E-state index is 0.845. The van der Waals surface area contributed by atoms with Crippen molar-refractivity contribution >= 4 is 17.6 Å². The summed E-state index contributed by atoms with van der Waals surface area (Å²) in [7, 11) is 2.17. The summed E-state index contributed by atoms with van der Waals surface area (Å²) in [6.45, 7) is 7.95. The molecule has 2 saturated heterocycles. The highest BCUT2D eigenvalue weighted by molar-refractivity contribution is 5.46. The smallest absolute Gasteiger partial charge is 0.227 e. The molecule has 7 heteroatoms. The summed E-state index contributed by atoms with van der Waals surface area (Å²) in [6, 6.07) is 8.09. The first-order valence-electron chi connectivity index (χ1n) is 8.97. The monoisotopic (exact) mass is 339 g/mol. The van der Waals surface area contributed by atoms with Crippen LogP contribution in [0.2, 0.25) is 0 Å². The maximum absolute atomic E-state index is 4.83. The molecule has 2 aromatic heterocycles. The van der Waals surface area contributed by atoms with E-state index in [1.807, 2.05) is 30.6 Å². The molecule has 2 aromatic rings. The summed E-state index contributed by atoms with van der Waals surface area (Å²) in [5, 5.41) is 0. The Kier molecular flexibility index (Phi) is 4.65. The fourth-order valence-corrected chi connectivity index (χ4v) is 3.38. The number of pyridine rings is 1. The molecule has 0 saturated carbocycles. The lowest BCUT2D eigenvalue weighted by Crippen LogP contribution is -2.48. The van der Waals surface area contributed by atoms with Gasteiger partial charge in [0.15, 0.2) is 0 Å². The van der Waals surface area contributed by atoms with Crippen molar-refractivity contribution in [2.75, 3.05) is 74.1 Å². The van der Waals surface area contributed by atoms with Crippen LogP contribution in [-0.2, 0) is 0 Å². The molecule has 4 heterocycles. The SMILES string of the molecule is CN1CCN(c2ccnc(N3CCN(c4ccccn4)CC3)n2)CC1. The van der Waals surface area contributed by atoms with Crippen molar-refractivity contribution in [3.8, 4) is 0 Å². The fraction of sp³-hybridized carbons (Fsp3) is 0.500. The molecule has 2 aliphatic rings. The molecule has 2 aliphatic heterocycles. The number of hydrogen-bond donors (Lipinski definition) is 0. The molecule has 0 bridgehead atoms. The maximum Gasteiger partial charge on any atom is 0.227 e. The largest absolute Gasteiger partial charge is 0.354 e. The van der Waals surface area contributed by atoms with Gasteiger partial charge in [-0.1, -0.05) is 6.07 Å². The number of likely N-dealkylation sites (N-methyl/N-ethyl adjacent to an activating group) is 1. The minimum absolute atomic E-state index is 0.845. The van der Waals surface area contributed by atoms with E-state index < -0.39 is 0 Å². The molecule has 0 aromatic carbocycles. The summed E-state index contributed by atoms with van der Waals surface area (Å²) >= 11 is 0. The van der Waals surface area contributed by atoms with E-state index in [2.05, 4.69) is 42.7 Å². The van der Waals surface area contributed by atoms with E-state index in [9.17, 15) is 0 Å². The van der Waals surface area contributed by atoms with Crippen molar-refractivity contribution in [2.24, 2.45) is 0 Å². The Hall–Kier alpha value is -2.41. The molecule has 0 aliphatic carbocycles. The molecule has 4 rings (SSSR count). The molecule has 2 fully saturated rings. The average Bonchev–Trinajstić information content (AvgIpc) is 2.69. The van der Waals surface area contributed by atoms with Crippen LogP contribution in [0.25, 0.3) is 0 Å². The number of piperazine rings is 2. The van der Waals surface area contributed by atoms with Crippen LogP contribution in [0, 0.1) is 0 Å². The Morgan fingerprint density at radius 2 is 1.36 bits per heavy atom. The highest BCUT2D eigenvalue weighted by atomic mass is 15.4. The average molecular weight is 339 g/mol. The normalized spacial score (nSPS) is 19.3. The summed E-state index contributed by atoms with van der Waals surface area (Å²) in [6.07, 6.45) is 3.74. The van der Waals surface area contributed by atoms with Gasteiger partial charge < -0.3 is 19.6 Å². The Morgan fingerprint density at radius 3 is 2.08 bits per heavy atom. The second kappa shape index (κ2) is 7.23. The maximum atomic E-state index is 4.83. The third-order valence-corrected chi connectivity index (χ3v) is 4.99. The summed E-state index contributed by atoms with van der Waals surface area (Å²) in [5.41, 5.74) is 0. The standard InChI is InChI=1S/C18H25N7/c1-22-8-10-24(11-9-22)17-5-7-20-18(21-17)25-14-12-23(13-15-25)16-4-2-3-6-19-16/h2-7H,8-15H2,1H3. The van der Waals surface area contributed by atoms with Gasteiger partial charge in [-0.2, -0.15) is 4.98 Å². The molecule has 0 N–H and O–H groups in total. The molecule has 0 spiro atoms. The highest BCUT2D eigenvalue weighted by Crippen LogP contribution is 2.19. The van der Waals surface area contributed by atoms with Crippen LogP contribution in [0.4, 0.5) is 17.6 Å². The number of rotatable bonds is 3. The van der Waals surface area contributed by atoms with Gasteiger partial charge in [0, 0.05) is 64.8 Å². The predicted molar refractivity (Wildman–Crippen MR) is 100 cm³/mol. The molecular formula is C18H25N7. The first-order chi connectivity index (χ1) is 12.3. The minimum Gasteiger partial charge on any atom is -0.354 e. The molecule has 0 unspecified atom stereocenters. The zero-order valence-electron chi connectivity index (χ0n) is 14.8. The van der Waals surface area contributed by atoms with Gasteiger partial charge in [0.05, 0.1) is 0 Å². The number of aromatic nitrogens is 3. The third-order valence-electron chi connectivity index (χ3n) is 4.99. The van der Waals surface area contributed by atoms with E-state index in [4.69, 9.17) is 4.98 Å². The van der Waals surface area contributed by atoms with Crippen molar-refractivity contribution in [2.45, 2.75) is 0 Å². The second-order valence-electron chi connectivity index (χ2n) is 6.67. The van der Waals surface area contributed by atoms with Crippen LogP contribution in [0.1, 0.15) is 0 Å². The topological polar surface area (TPSA) is 51.6 Å². The third kappa shape index (κ3) is 3.66. The number of nitrogens with zero attached hydrogens (tertiary/aromatic N) is 7. The van der Waals surface area contributed by atoms with E-state index in [1.54, 1.807) is 0 Å². The van der Waals surface area contributed by atoms with Crippen LogP contribution in [0.3, 0.4) is 0 Å². The molecular weight excluding hydrogens is 314 g/mol. The van der Waals surface area contributed by atoms with Crippen LogP contribution in [0.5, 0.6) is 0 Å². The van der Waals surface area contributed by atoms with E-state index in [-0.39, 0.29) is 0 Å². The molecule has 25 heavy (non-hydrogen) atoms. The zero-order chi connectivity index (χ0) is 17.1.